The summed E-state index contributed by atoms with van der Waals surface area (Å²) in [7, 11) is 3.86. The van der Waals surface area contributed by atoms with Crippen molar-refractivity contribution >= 4 is 0 Å². The molecule has 0 bridgehead atoms. The van der Waals surface area contributed by atoms with E-state index in [1.807, 2.05) is 19.0 Å². The predicted molar refractivity (Wildman–Crippen MR) is 67.1 cm³/mol. The van der Waals surface area contributed by atoms with E-state index in [4.69, 9.17) is 0 Å². The summed E-state index contributed by atoms with van der Waals surface area (Å²) in [6, 6.07) is 1.75. The van der Waals surface area contributed by atoms with Gasteiger partial charge in [0.05, 0.1) is 5.56 Å². The molecule has 108 valence electrons. The van der Waals surface area contributed by atoms with Gasteiger partial charge in [0, 0.05) is 38.4 Å². The Labute approximate surface area is 109 Å². The molecule has 1 rings (SSSR count). The van der Waals surface area contributed by atoms with Crippen molar-refractivity contribution in [3.8, 4) is 0 Å². The zero-order chi connectivity index (χ0) is 14.5. The average Bonchev–Trinajstić information content (AvgIpc) is 2.29. The SMILES string of the molecule is CN(C)CCNCCn1cc(C(F)(F)F)ccc1=O. The molecule has 0 radical (unpaired) electrons. The van der Waals surface area contributed by atoms with Crippen LogP contribution in [-0.4, -0.2) is 43.2 Å². The van der Waals surface area contributed by atoms with Crippen LogP contribution in [0.1, 0.15) is 5.56 Å². The quantitative estimate of drug-likeness (QED) is 0.789. The second-order valence-electron chi connectivity index (χ2n) is 4.50. The second kappa shape index (κ2) is 6.72. The van der Waals surface area contributed by atoms with E-state index in [0.29, 0.717) is 6.54 Å². The minimum Gasteiger partial charge on any atom is -0.314 e. The van der Waals surface area contributed by atoms with Gasteiger partial charge in [-0.2, -0.15) is 13.2 Å². The Balaban J connectivity index is 2.56. The first kappa shape index (κ1) is 15.7. The zero-order valence-electron chi connectivity index (χ0n) is 11.0. The van der Waals surface area contributed by atoms with Crippen LogP contribution in [0.15, 0.2) is 23.1 Å². The van der Waals surface area contributed by atoms with Gasteiger partial charge in [0.25, 0.3) is 5.56 Å². The molecule has 0 aliphatic rings. The summed E-state index contributed by atoms with van der Waals surface area (Å²) in [6.45, 7) is 2.23. The van der Waals surface area contributed by atoms with Crippen molar-refractivity contribution < 1.29 is 13.2 Å². The number of nitrogens with zero attached hydrogens (tertiary/aromatic N) is 2. The van der Waals surface area contributed by atoms with Crippen molar-refractivity contribution in [3.05, 3.63) is 34.2 Å². The fourth-order valence-electron chi connectivity index (χ4n) is 1.50. The Kier molecular flexibility index (Phi) is 5.56. The lowest BCUT2D eigenvalue weighted by Crippen LogP contribution is -2.31. The number of rotatable bonds is 6. The largest absolute Gasteiger partial charge is 0.417 e. The van der Waals surface area contributed by atoms with Crippen LogP contribution in [-0.2, 0) is 12.7 Å². The van der Waals surface area contributed by atoms with E-state index in [1.54, 1.807) is 0 Å². The van der Waals surface area contributed by atoms with E-state index in [0.717, 1.165) is 36.0 Å². The highest BCUT2D eigenvalue weighted by Crippen LogP contribution is 2.27. The first-order chi connectivity index (χ1) is 8.80. The molecule has 0 spiro atoms. The van der Waals surface area contributed by atoms with Crippen molar-refractivity contribution in [1.82, 2.24) is 14.8 Å². The number of pyridine rings is 1. The van der Waals surface area contributed by atoms with Crippen molar-refractivity contribution in [2.75, 3.05) is 33.7 Å². The first-order valence-electron chi connectivity index (χ1n) is 5.94. The smallest absolute Gasteiger partial charge is 0.314 e. The topological polar surface area (TPSA) is 37.3 Å². The number of alkyl halides is 3. The molecule has 0 aliphatic heterocycles. The van der Waals surface area contributed by atoms with Crippen molar-refractivity contribution in [2.24, 2.45) is 0 Å². The summed E-state index contributed by atoms with van der Waals surface area (Å²) in [5, 5.41) is 3.07. The van der Waals surface area contributed by atoms with Gasteiger partial charge >= 0.3 is 6.18 Å². The molecular formula is C12H18F3N3O. The molecule has 7 heteroatoms. The van der Waals surface area contributed by atoms with E-state index in [-0.39, 0.29) is 6.54 Å². The summed E-state index contributed by atoms with van der Waals surface area (Å²) >= 11 is 0. The molecule has 4 nitrogen and oxygen atoms in total. The van der Waals surface area contributed by atoms with Crippen molar-refractivity contribution in [1.29, 1.82) is 0 Å². The number of aromatic nitrogens is 1. The molecule has 0 fully saturated rings. The lowest BCUT2D eigenvalue weighted by molar-refractivity contribution is -0.138. The second-order valence-corrected chi connectivity index (χ2v) is 4.50. The fourth-order valence-corrected chi connectivity index (χ4v) is 1.50. The molecule has 0 saturated carbocycles. The molecule has 0 unspecified atom stereocenters. The van der Waals surface area contributed by atoms with E-state index in [2.05, 4.69) is 5.32 Å². The molecule has 1 N–H and O–H groups in total. The van der Waals surface area contributed by atoms with Crippen LogP contribution < -0.4 is 10.9 Å². The summed E-state index contributed by atoms with van der Waals surface area (Å²) < 4.78 is 38.6. The zero-order valence-corrected chi connectivity index (χ0v) is 11.0. The Bertz CT molecular complexity index is 454. The fraction of sp³-hybridized carbons (Fsp3) is 0.583. The van der Waals surface area contributed by atoms with E-state index in [9.17, 15) is 18.0 Å². The van der Waals surface area contributed by atoms with Gasteiger partial charge in [-0.05, 0) is 20.2 Å². The van der Waals surface area contributed by atoms with E-state index in [1.165, 1.54) is 0 Å². The highest BCUT2D eigenvalue weighted by molar-refractivity contribution is 5.13. The van der Waals surface area contributed by atoms with Gasteiger partial charge in [0.2, 0.25) is 0 Å². The molecule has 0 atom stereocenters. The minimum absolute atomic E-state index is 0.218. The van der Waals surface area contributed by atoms with Crippen LogP contribution in [0.2, 0.25) is 0 Å². The summed E-state index contributed by atoms with van der Waals surface area (Å²) in [5.41, 5.74) is -1.23. The average molecular weight is 277 g/mol. The van der Waals surface area contributed by atoms with Crippen LogP contribution in [0.5, 0.6) is 0 Å². The number of nitrogens with one attached hydrogen (secondary N) is 1. The molecule has 1 aromatic heterocycles. The maximum Gasteiger partial charge on any atom is 0.417 e. The molecule has 0 aliphatic carbocycles. The number of hydrogen-bond acceptors (Lipinski definition) is 3. The van der Waals surface area contributed by atoms with Gasteiger partial charge in [-0.15, -0.1) is 0 Å². The molecule has 0 aromatic carbocycles. The van der Waals surface area contributed by atoms with Crippen LogP contribution in [0, 0.1) is 0 Å². The first-order valence-corrected chi connectivity index (χ1v) is 5.94. The summed E-state index contributed by atoms with van der Waals surface area (Å²) in [6.07, 6.45) is -3.57. The highest BCUT2D eigenvalue weighted by atomic mass is 19.4. The Morgan fingerprint density at radius 1 is 1.26 bits per heavy atom. The van der Waals surface area contributed by atoms with Gasteiger partial charge < -0.3 is 14.8 Å². The van der Waals surface area contributed by atoms with Crippen LogP contribution in [0.4, 0.5) is 13.2 Å². The normalized spacial score (nSPS) is 12.1. The maximum absolute atomic E-state index is 12.5. The third-order valence-electron chi connectivity index (χ3n) is 2.58. The number of halogens is 3. The van der Waals surface area contributed by atoms with Gasteiger partial charge in [-0.3, -0.25) is 4.79 Å². The van der Waals surface area contributed by atoms with Crippen LogP contribution >= 0.6 is 0 Å². The van der Waals surface area contributed by atoms with E-state index < -0.39 is 17.3 Å². The van der Waals surface area contributed by atoms with E-state index >= 15 is 0 Å². The molecule has 0 saturated heterocycles. The third kappa shape index (κ3) is 5.44. The van der Waals surface area contributed by atoms with Gasteiger partial charge in [0.1, 0.15) is 0 Å². The molecule has 0 amide bonds. The summed E-state index contributed by atoms with van der Waals surface area (Å²) in [5.74, 6) is 0. The van der Waals surface area contributed by atoms with Crippen LogP contribution in [0.3, 0.4) is 0 Å². The van der Waals surface area contributed by atoms with Gasteiger partial charge in [0.15, 0.2) is 0 Å². The third-order valence-corrected chi connectivity index (χ3v) is 2.58. The van der Waals surface area contributed by atoms with Crippen LogP contribution in [0.25, 0.3) is 0 Å². The minimum atomic E-state index is -4.42. The standard InChI is InChI=1S/C12H18F3N3O/c1-17(2)7-5-16-6-8-18-9-10(12(13,14)15)3-4-11(18)19/h3-4,9,16H,5-8H2,1-2H3. The monoisotopic (exact) mass is 277 g/mol. The predicted octanol–water partition coefficient (Wildman–Crippen LogP) is 1.02. The number of likely N-dealkylation sites (N-methyl/N-ethyl adjacent to an activating group) is 1. The van der Waals surface area contributed by atoms with Crippen molar-refractivity contribution in [2.45, 2.75) is 12.7 Å². The highest BCUT2D eigenvalue weighted by Gasteiger charge is 2.30. The van der Waals surface area contributed by atoms with Crippen molar-refractivity contribution in [3.63, 3.8) is 0 Å². The van der Waals surface area contributed by atoms with Gasteiger partial charge in [-0.25, -0.2) is 0 Å². The Morgan fingerprint density at radius 3 is 2.53 bits per heavy atom. The Hall–Kier alpha value is -1.34. The van der Waals surface area contributed by atoms with Gasteiger partial charge in [-0.1, -0.05) is 0 Å². The molecule has 1 heterocycles. The molecule has 19 heavy (non-hydrogen) atoms. The Morgan fingerprint density at radius 2 is 1.95 bits per heavy atom. The molecular weight excluding hydrogens is 259 g/mol. The summed E-state index contributed by atoms with van der Waals surface area (Å²) in [4.78, 5) is 13.4. The molecule has 1 aromatic rings. The number of hydrogen-bond donors (Lipinski definition) is 1. The lowest BCUT2D eigenvalue weighted by atomic mass is 10.3. The maximum atomic E-state index is 12.5. The lowest BCUT2D eigenvalue weighted by Gasteiger charge is -2.12.